The summed E-state index contributed by atoms with van der Waals surface area (Å²) in [7, 11) is -4.31. The Morgan fingerprint density at radius 1 is 0.821 bits per heavy atom. The van der Waals surface area contributed by atoms with Crippen LogP contribution < -0.4 is 9.05 Å². The Morgan fingerprint density at radius 2 is 1.39 bits per heavy atom. The molecule has 7 heteroatoms. The monoisotopic (exact) mass is 398 g/mol. The topological polar surface area (TPSA) is 93.1 Å². The van der Waals surface area contributed by atoms with Crippen LogP contribution in [0.15, 0.2) is 78.9 Å². The fourth-order valence-electron chi connectivity index (χ4n) is 2.59. The van der Waals surface area contributed by atoms with Crippen molar-refractivity contribution in [1.82, 2.24) is 0 Å². The van der Waals surface area contributed by atoms with E-state index in [1.807, 2.05) is 0 Å². The van der Waals surface area contributed by atoms with Gasteiger partial charge in [-0.15, -0.1) is 0 Å². The van der Waals surface area contributed by atoms with Gasteiger partial charge in [0.25, 0.3) is 0 Å². The van der Waals surface area contributed by atoms with E-state index in [1.54, 1.807) is 60.7 Å². The van der Waals surface area contributed by atoms with E-state index in [2.05, 4.69) is 0 Å². The van der Waals surface area contributed by atoms with Crippen molar-refractivity contribution in [2.75, 3.05) is 0 Å². The van der Waals surface area contributed by atoms with Crippen LogP contribution in [0.3, 0.4) is 0 Å². The molecule has 28 heavy (non-hydrogen) atoms. The smallest absolute Gasteiger partial charge is 0.507 e. The number of phenolic OH excluding ortho intramolecular Hbond substituents is 1. The number of phosphoric ester groups is 1. The normalized spacial score (nSPS) is 12.8. The molecule has 0 heterocycles. The number of ketones is 1. The lowest BCUT2D eigenvalue weighted by molar-refractivity contribution is 0.0980. The van der Waals surface area contributed by atoms with Gasteiger partial charge in [0.05, 0.1) is 5.56 Å². The highest BCUT2D eigenvalue weighted by Crippen LogP contribution is 2.44. The minimum absolute atomic E-state index is 0.0339. The molecule has 0 amide bonds. The molecule has 0 saturated carbocycles. The summed E-state index contributed by atoms with van der Waals surface area (Å²) in [6.07, 6.45) is 0.693. The van der Waals surface area contributed by atoms with Crippen molar-refractivity contribution in [2.45, 2.75) is 12.8 Å². The van der Waals surface area contributed by atoms with Gasteiger partial charge in [-0.25, -0.2) is 4.57 Å². The second-order valence-electron chi connectivity index (χ2n) is 6.05. The molecule has 0 fully saturated rings. The van der Waals surface area contributed by atoms with E-state index in [4.69, 9.17) is 9.05 Å². The number of aromatic hydroxyl groups is 1. The Kier molecular flexibility index (Phi) is 6.14. The summed E-state index contributed by atoms with van der Waals surface area (Å²) in [4.78, 5) is 22.1. The van der Waals surface area contributed by atoms with Crippen LogP contribution in [0.5, 0.6) is 17.2 Å². The standard InChI is InChI=1S/C21H19O6P/c22-20-9-5-4-8-19(20)21(23)15-12-16-10-13-18(14-11-16)27-28(24,25)26-17-6-2-1-3-7-17/h1-11,13-14,22H,12,15H2,(H,24,25). The highest BCUT2D eigenvalue weighted by Gasteiger charge is 2.24. The number of rotatable bonds is 8. The van der Waals surface area contributed by atoms with E-state index in [-0.39, 0.29) is 29.5 Å². The van der Waals surface area contributed by atoms with Crippen molar-refractivity contribution in [3.63, 3.8) is 0 Å². The van der Waals surface area contributed by atoms with Gasteiger partial charge in [-0.3, -0.25) is 9.69 Å². The van der Waals surface area contributed by atoms with Crippen molar-refractivity contribution in [1.29, 1.82) is 0 Å². The molecule has 3 aromatic carbocycles. The lowest BCUT2D eigenvalue weighted by atomic mass is 10.0. The number of carbonyl (C=O) groups is 1. The van der Waals surface area contributed by atoms with Crippen molar-refractivity contribution in [3.8, 4) is 17.2 Å². The number of aryl methyl sites for hydroxylation is 1. The number of benzene rings is 3. The van der Waals surface area contributed by atoms with Crippen molar-refractivity contribution in [3.05, 3.63) is 90.0 Å². The van der Waals surface area contributed by atoms with Crippen LogP contribution in [0.2, 0.25) is 0 Å². The Bertz CT molecular complexity index is 985. The van der Waals surface area contributed by atoms with E-state index >= 15 is 0 Å². The average Bonchev–Trinajstić information content (AvgIpc) is 2.67. The maximum absolute atomic E-state index is 12.2. The number of Topliss-reactive ketones (excluding diaryl/α,β-unsaturated/α-hetero) is 1. The molecule has 1 unspecified atom stereocenters. The van der Waals surface area contributed by atoms with Gasteiger partial charge in [-0.1, -0.05) is 42.5 Å². The van der Waals surface area contributed by atoms with Gasteiger partial charge in [0.2, 0.25) is 0 Å². The van der Waals surface area contributed by atoms with E-state index in [9.17, 15) is 19.4 Å². The third-order valence-electron chi connectivity index (χ3n) is 3.95. The molecule has 0 bridgehead atoms. The van der Waals surface area contributed by atoms with Crippen LogP contribution in [-0.4, -0.2) is 15.8 Å². The van der Waals surface area contributed by atoms with Crippen LogP contribution in [0, 0.1) is 0 Å². The van der Waals surface area contributed by atoms with E-state index < -0.39 is 7.82 Å². The lowest BCUT2D eigenvalue weighted by Crippen LogP contribution is -2.02. The van der Waals surface area contributed by atoms with Crippen molar-refractivity contribution in [2.24, 2.45) is 0 Å². The summed E-state index contributed by atoms with van der Waals surface area (Å²) in [6, 6.07) is 21.1. The summed E-state index contributed by atoms with van der Waals surface area (Å²) < 4.78 is 22.1. The molecule has 0 aliphatic rings. The van der Waals surface area contributed by atoms with E-state index in [0.717, 1.165) is 5.56 Å². The molecule has 0 aliphatic heterocycles. The second kappa shape index (κ2) is 8.74. The van der Waals surface area contributed by atoms with Crippen LogP contribution in [0.1, 0.15) is 22.3 Å². The van der Waals surface area contributed by atoms with Gasteiger partial charge in [0, 0.05) is 6.42 Å². The minimum atomic E-state index is -4.31. The van der Waals surface area contributed by atoms with Gasteiger partial charge in [0.1, 0.15) is 17.2 Å². The first-order valence-electron chi connectivity index (χ1n) is 8.60. The van der Waals surface area contributed by atoms with Crippen molar-refractivity contribution < 1.29 is 28.4 Å². The number of para-hydroxylation sites is 2. The molecule has 3 aromatic rings. The Hall–Kier alpha value is -3.08. The molecule has 3 rings (SSSR count). The quantitative estimate of drug-likeness (QED) is 0.420. The fourth-order valence-corrected chi connectivity index (χ4v) is 3.40. The second-order valence-corrected chi connectivity index (χ2v) is 7.35. The summed E-state index contributed by atoms with van der Waals surface area (Å²) in [5, 5.41) is 9.73. The zero-order valence-corrected chi connectivity index (χ0v) is 15.8. The fraction of sp³-hybridized carbons (Fsp3) is 0.0952. The van der Waals surface area contributed by atoms with Crippen LogP contribution in [0.25, 0.3) is 0 Å². The maximum atomic E-state index is 12.2. The molecule has 0 spiro atoms. The first-order chi connectivity index (χ1) is 13.4. The first kappa shape index (κ1) is 19.7. The minimum Gasteiger partial charge on any atom is -0.507 e. The summed E-state index contributed by atoms with van der Waals surface area (Å²) in [6.45, 7) is 0. The third-order valence-corrected chi connectivity index (χ3v) is 4.84. The molecule has 0 aromatic heterocycles. The number of carbonyl (C=O) groups excluding carboxylic acids is 1. The van der Waals surface area contributed by atoms with Gasteiger partial charge in [0.15, 0.2) is 5.78 Å². The number of phenols is 1. The Balaban J connectivity index is 1.57. The van der Waals surface area contributed by atoms with E-state index in [1.165, 1.54) is 18.2 Å². The molecule has 1 atom stereocenters. The van der Waals surface area contributed by atoms with Gasteiger partial charge < -0.3 is 14.2 Å². The lowest BCUT2D eigenvalue weighted by Gasteiger charge is -2.14. The summed E-state index contributed by atoms with van der Waals surface area (Å²) in [5.41, 5.74) is 1.15. The highest BCUT2D eigenvalue weighted by molar-refractivity contribution is 7.48. The molecule has 6 nitrogen and oxygen atoms in total. The maximum Gasteiger partial charge on any atom is 0.584 e. The number of phosphoric acid groups is 1. The van der Waals surface area contributed by atoms with Crippen LogP contribution in [0.4, 0.5) is 0 Å². The van der Waals surface area contributed by atoms with Gasteiger partial charge >= 0.3 is 7.82 Å². The number of hydrogen-bond acceptors (Lipinski definition) is 5. The molecule has 0 saturated heterocycles. The molecule has 144 valence electrons. The average molecular weight is 398 g/mol. The summed E-state index contributed by atoms with van der Waals surface area (Å²) >= 11 is 0. The molecule has 0 aliphatic carbocycles. The molecular formula is C21H19O6P. The third kappa shape index (κ3) is 5.46. The van der Waals surface area contributed by atoms with Crippen LogP contribution in [-0.2, 0) is 11.0 Å². The van der Waals surface area contributed by atoms with Gasteiger partial charge in [-0.2, -0.15) is 0 Å². The van der Waals surface area contributed by atoms with E-state index in [0.29, 0.717) is 12.0 Å². The zero-order valence-electron chi connectivity index (χ0n) is 14.9. The Labute approximate surface area is 162 Å². The molecule has 0 radical (unpaired) electrons. The predicted octanol–water partition coefficient (Wildman–Crippen LogP) is 4.77. The Morgan fingerprint density at radius 3 is 2.04 bits per heavy atom. The zero-order chi connectivity index (χ0) is 20.0. The van der Waals surface area contributed by atoms with Crippen molar-refractivity contribution >= 4 is 13.6 Å². The van der Waals surface area contributed by atoms with Crippen LogP contribution >= 0.6 is 7.82 Å². The first-order valence-corrected chi connectivity index (χ1v) is 10.1. The van der Waals surface area contributed by atoms with Gasteiger partial charge in [-0.05, 0) is 48.4 Å². The summed E-state index contributed by atoms with van der Waals surface area (Å²) in [5.74, 6) is 0.216. The SMILES string of the molecule is O=C(CCc1ccc(OP(=O)(O)Oc2ccccc2)cc1)c1ccccc1O. The molecular weight excluding hydrogens is 379 g/mol. The largest absolute Gasteiger partial charge is 0.584 e. The molecule has 2 N–H and O–H groups in total. The predicted molar refractivity (Wildman–Crippen MR) is 105 cm³/mol. The number of hydrogen-bond donors (Lipinski definition) is 2. The highest BCUT2D eigenvalue weighted by atomic mass is 31.2.